The van der Waals surface area contributed by atoms with E-state index in [-0.39, 0.29) is 11.9 Å². The van der Waals surface area contributed by atoms with Crippen molar-refractivity contribution in [2.45, 2.75) is 38.0 Å². The van der Waals surface area contributed by atoms with Gasteiger partial charge in [-0.1, -0.05) is 0 Å². The second-order valence-electron chi connectivity index (χ2n) is 7.17. The van der Waals surface area contributed by atoms with Gasteiger partial charge in [-0.25, -0.2) is 0 Å². The van der Waals surface area contributed by atoms with Gasteiger partial charge in [0.05, 0.1) is 0 Å². The second-order valence-corrected chi connectivity index (χ2v) is 22.7. The topological polar surface area (TPSA) is 61.4 Å². The van der Waals surface area contributed by atoms with Crippen LogP contribution in [0.5, 0.6) is 0 Å². The molecule has 26 heavy (non-hydrogen) atoms. The van der Waals surface area contributed by atoms with Crippen LogP contribution in [-0.4, -0.2) is 30.3 Å². The summed E-state index contributed by atoms with van der Waals surface area (Å²) < 4.78 is 1.42. The number of rotatable bonds is 2. The second kappa shape index (κ2) is 7.52. The summed E-state index contributed by atoms with van der Waals surface area (Å²) in [6.07, 6.45) is 0.311. The molecule has 2 aromatic carbocycles. The summed E-state index contributed by atoms with van der Waals surface area (Å²) in [7, 11) is 0. The number of hydrogen-bond donors (Lipinski definition) is 2. The van der Waals surface area contributed by atoms with E-state index in [0.717, 1.165) is 21.2 Å². The molecule has 1 aliphatic heterocycles. The Morgan fingerprint density at radius 1 is 1.00 bits per heavy atom. The summed E-state index contributed by atoms with van der Waals surface area (Å²) in [4.78, 5) is 35.2. The maximum atomic E-state index is 12.8. The molecule has 0 spiro atoms. The first kappa shape index (κ1) is 19.1. The number of carbonyl (C=O) groups is 2. The molecule has 5 nitrogen and oxygen atoms in total. The number of nitrogens with zero attached hydrogens (tertiary/aromatic N) is 1. The Labute approximate surface area is 162 Å². The van der Waals surface area contributed by atoms with E-state index in [1.807, 2.05) is 30.3 Å². The first-order valence-corrected chi connectivity index (χ1v) is 19.4. The molecule has 136 valence electrons. The van der Waals surface area contributed by atoms with Crippen molar-refractivity contribution in [3.63, 3.8) is 0 Å². The van der Waals surface area contributed by atoms with E-state index in [0.29, 0.717) is 6.42 Å². The third kappa shape index (κ3) is 3.86. The van der Waals surface area contributed by atoms with Gasteiger partial charge >= 0.3 is 163 Å². The van der Waals surface area contributed by atoms with Crippen LogP contribution >= 0.6 is 11.8 Å². The van der Waals surface area contributed by atoms with E-state index in [9.17, 15) is 9.59 Å². The van der Waals surface area contributed by atoms with Crippen LogP contribution in [0.3, 0.4) is 0 Å². The van der Waals surface area contributed by atoms with Crippen LogP contribution in [0.4, 0.5) is 16.2 Å². The Balaban J connectivity index is 2.01. The number of anilines is 2. The zero-order valence-electron chi connectivity index (χ0n) is 15.4. The third-order valence-corrected chi connectivity index (χ3v) is 11.2. The summed E-state index contributed by atoms with van der Waals surface area (Å²) in [6.45, 7) is 1.74. The molecule has 3 amide bonds. The summed E-state index contributed by atoms with van der Waals surface area (Å²) in [6, 6.07) is 13.9. The van der Waals surface area contributed by atoms with Crippen molar-refractivity contribution in [2.75, 3.05) is 4.90 Å². The predicted octanol–water partition coefficient (Wildman–Crippen LogP) is 3.99. The fourth-order valence-electron chi connectivity index (χ4n) is 2.71. The van der Waals surface area contributed by atoms with Gasteiger partial charge in [0.1, 0.15) is 0 Å². The first-order valence-electron chi connectivity index (χ1n) is 8.61. The van der Waals surface area contributed by atoms with Crippen molar-refractivity contribution >= 4 is 57.0 Å². The average Bonchev–Trinajstić information content (AvgIpc) is 2.62. The van der Waals surface area contributed by atoms with Crippen LogP contribution in [0.15, 0.2) is 52.3 Å². The minimum absolute atomic E-state index is 0.226. The van der Waals surface area contributed by atoms with Crippen LogP contribution in [0.2, 0.25) is 14.8 Å². The van der Waals surface area contributed by atoms with Gasteiger partial charge in [-0.2, -0.15) is 0 Å². The van der Waals surface area contributed by atoms with E-state index < -0.39 is 18.4 Å². The number of fused-ring (bicyclic) bond motifs is 2. The molecule has 0 fully saturated rings. The van der Waals surface area contributed by atoms with Crippen molar-refractivity contribution in [2.24, 2.45) is 0 Å². The monoisotopic (exact) mass is 477 g/mol. The van der Waals surface area contributed by atoms with Crippen LogP contribution in [0.1, 0.15) is 13.3 Å². The molecule has 0 saturated heterocycles. The number of hydrazine groups is 1. The first-order chi connectivity index (χ1) is 12.3. The van der Waals surface area contributed by atoms with E-state index in [1.165, 1.54) is 3.58 Å². The van der Waals surface area contributed by atoms with E-state index in [1.54, 1.807) is 23.6 Å². The molecule has 0 bridgehead atoms. The molecule has 0 aromatic heterocycles. The van der Waals surface area contributed by atoms with E-state index >= 15 is 0 Å². The van der Waals surface area contributed by atoms with Gasteiger partial charge < -0.3 is 0 Å². The fraction of sp³-hybridized carbons (Fsp3) is 0.263. The number of hydrogen-bond acceptors (Lipinski definition) is 3. The Hall–Kier alpha value is -1.67. The number of nitrogens with one attached hydrogen (secondary N) is 2. The number of para-hydroxylation sites is 1. The zero-order chi connectivity index (χ0) is 18.9. The molecule has 1 heterocycles. The van der Waals surface area contributed by atoms with Crippen LogP contribution in [0, 0.1) is 0 Å². The number of urea groups is 1. The molecule has 3 rings (SSSR count). The molecular formula is C19H23N3O2SSn. The summed E-state index contributed by atoms with van der Waals surface area (Å²) >= 11 is -0.528. The van der Waals surface area contributed by atoms with Gasteiger partial charge in [0.25, 0.3) is 0 Å². The predicted molar refractivity (Wildman–Crippen MR) is 109 cm³/mol. The summed E-state index contributed by atoms with van der Waals surface area (Å²) in [5.74, 6) is -0.226. The van der Waals surface area contributed by atoms with E-state index in [4.69, 9.17) is 0 Å². The normalized spacial score (nSPS) is 12.8. The van der Waals surface area contributed by atoms with Crippen LogP contribution in [0.25, 0.3) is 0 Å². The Morgan fingerprint density at radius 3 is 2.38 bits per heavy atom. The maximum absolute atomic E-state index is 12.8. The van der Waals surface area contributed by atoms with Gasteiger partial charge in [0.15, 0.2) is 0 Å². The van der Waals surface area contributed by atoms with Crippen molar-refractivity contribution in [3.05, 3.63) is 42.5 Å². The van der Waals surface area contributed by atoms with Crippen molar-refractivity contribution in [1.29, 1.82) is 0 Å². The Bertz CT molecular complexity index is 864. The molecule has 0 radical (unpaired) electrons. The van der Waals surface area contributed by atoms with Gasteiger partial charge in [-0.05, 0) is 0 Å². The third-order valence-electron chi connectivity index (χ3n) is 4.23. The zero-order valence-corrected chi connectivity index (χ0v) is 19.1. The standard InChI is InChI=1S/C16H14N3O2S.3CH3.Sn/c1-2-15(20)17-18-16(21)19-11-7-3-5-9-13(11)22-14-10-6-4-8-12(14)19;;;;/h3-5,7-10H,2H2,1H3,(H,17,20)(H,18,21);3*1H3;. The Morgan fingerprint density at radius 2 is 1.69 bits per heavy atom. The quantitative estimate of drug-likeness (QED) is 0.510. The summed E-state index contributed by atoms with van der Waals surface area (Å²) in [5.41, 5.74) is 6.63. The van der Waals surface area contributed by atoms with Crippen LogP contribution in [-0.2, 0) is 4.79 Å². The molecule has 2 N–H and O–H groups in total. The fourth-order valence-corrected chi connectivity index (χ4v) is 7.42. The van der Waals surface area contributed by atoms with E-state index in [2.05, 4.69) is 37.8 Å². The molecule has 0 unspecified atom stereocenters. The molecule has 0 saturated carbocycles. The molecule has 0 atom stereocenters. The van der Waals surface area contributed by atoms with Crippen LogP contribution < -0.4 is 19.3 Å². The summed E-state index contributed by atoms with van der Waals surface area (Å²) in [5, 5.41) is 0. The molecule has 2 aromatic rings. The minimum atomic E-state index is -2.22. The van der Waals surface area contributed by atoms with Gasteiger partial charge in [-0.15, -0.1) is 0 Å². The van der Waals surface area contributed by atoms with Gasteiger partial charge in [-0.3, -0.25) is 0 Å². The van der Waals surface area contributed by atoms with Crippen molar-refractivity contribution in [3.8, 4) is 0 Å². The van der Waals surface area contributed by atoms with Crippen molar-refractivity contribution in [1.82, 2.24) is 10.9 Å². The molecule has 7 heteroatoms. The molecule has 0 aliphatic carbocycles. The van der Waals surface area contributed by atoms with Gasteiger partial charge in [0.2, 0.25) is 0 Å². The Kier molecular flexibility index (Phi) is 5.52. The number of carbonyl (C=O) groups excluding carboxylic acids is 2. The molecular weight excluding hydrogens is 453 g/mol. The molecule has 1 aliphatic rings. The van der Waals surface area contributed by atoms with Gasteiger partial charge in [0, 0.05) is 0 Å². The average molecular weight is 476 g/mol. The number of benzene rings is 2. The number of amides is 3. The SMILES string of the molecule is CCC(=O)NNC(=O)N1c2ccccc2Sc2c[c]([Sn]([CH3])([CH3])[CH3])ccc21. The van der Waals surface area contributed by atoms with Crippen molar-refractivity contribution < 1.29 is 9.59 Å².